The van der Waals surface area contributed by atoms with E-state index >= 15 is 0 Å². The lowest BCUT2D eigenvalue weighted by Gasteiger charge is -2.75. The normalized spacial score (nSPS) is 20.0. The molecule has 14 nitrogen and oxygen atoms in total. The fourth-order valence-corrected chi connectivity index (χ4v) is 4.68. The quantitative estimate of drug-likeness (QED) is 0.0324. The van der Waals surface area contributed by atoms with Crippen LogP contribution < -0.4 is 45.0 Å². The summed E-state index contributed by atoms with van der Waals surface area (Å²) in [6.45, 7) is 1.02. The van der Waals surface area contributed by atoms with Crippen LogP contribution in [0.25, 0.3) is 0 Å². The molecule has 16 radical (unpaired) electrons. The third-order valence-electron chi connectivity index (χ3n) is 7.39. The topological polar surface area (TPSA) is 246 Å². The van der Waals surface area contributed by atoms with Gasteiger partial charge in [-0.2, -0.15) is 0 Å². The van der Waals surface area contributed by atoms with Crippen molar-refractivity contribution in [1.29, 1.82) is 0 Å². The van der Waals surface area contributed by atoms with Crippen LogP contribution in [0.1, 0.15) is 38.5 Å². The molecule has 1 fully saturated rings. The van der Waals surface area contributed by atoms with Gasteiger partial charge in [-0.3, -0.25) is 19.6 Å². The van der Waals surface area contributed by atoms with Crippen LogP contribution in [0.5, 0.6) is 0 Å². The van der Waals surface area contributed by atoms with Crippen LogP contribution in [0.2, 0.25) is 0 Å². The lowest BCUT2D eigenvalue weighted by Crippen LogP contribution is -2.91. The lowest BCUT2D eigenvalue weighted by molar-refractivity contribution is -0.123. The lowest BCUT2D eigenvalue weighted by atomic mass is 9.26. The van der Waals surface area contributed by atoms with E-state index in [0.29, 0.717) is 38.8 Å². The van der Waals surface area contributed by atoms with E-state index in [1.54, 1.807) is 0 Å². The van der Waals surface area contributed by atoms with Crippen molar-refractivity contribution in [1.82, 2.24) is 20.4 Å². The number of aliphatic imine (C=N–C) groups is 2. The number of nitrogens with zero attached hydrogens (tertiary/aromatic N) is 4. The van der Waals surface area contributed by atoms with Crippen molar-refractivity contribution in [2.75, 3.05) is 39.3 Å². The number of amides is 2. The minimum absolute atomic E-state index is 0.00270. The van der Waals surface area contributed by atoms with E-state index in [1.807, 2.05) is 0 Å². The number of hydrogen-bond acceptors (Lipinski definition) is 8. The van der Waals surface area contributed by atoms with Crippen LogP contribution in [0.3, 0.4) is 0 Å². The van der Waals surface area contributed by atoms with Crippen LogP contribution in [-0.4, -0.2) is 169 Å². The van der Waals surface area contributed by atoms with Crippen LogP contribution >= 0.6 is 0 Å². The first-order valence-electron chi connectivity index (χ1n) is 14.2. The number of carbonyl (C=O) groups excluding carboxylic acids is 2. The van der Waals surface area contributed by atoms with Gasteiger partial charge in [-0.05, 0) is 51.6 Å². The molecule has 1 rings (SSSR count). The molecule has 1 aliphatic heterocycles. The SMILES string of the molecule is [B]C1([B])N(CCCNC(=O)[C@@H](N)CCCN=C(N)N)C([B])([B])C([B])([B])N(CCCNC(=O)[C@@H](N)CCCN=C(N)N)C1([B])[B]. The molecular formula is C22H40B8N12O2. The zero-order valence-electron chi connectivity index (χ0n) is 25.3. The summed E-state index contributed by atoms with van der Waals surface area (Å²) >= 11 is 0. The van der Waals surface area contributed by atoms with E-state index in [9.17, 15) is 9.59 Å². The van der Waals surface area contributed by atoms with Crippen molar-refractivity contribution in [3.8, 4) is 0 Å². The Bertz CT molecular complexity index is 904. The first-order chi connectivity index (χ1) is 20.2. The molecule has 22 heteroatoms. The van der Waals surface area contributed by atoms with Gasteiger partial charge in [0.25, 0.3) is 0 Å². The number of piperazine rings is 1. The molecule has 1 saturated heterocycles. The molecule has 2 amide bonds. The largest absolute Gasteiger partial charge is 0.370 e. The van der Waals surface area contributed by atoms with Gasteiger partial charge in [0.05, 0.1) is 74.9 Å². The first kappa shape index (κ1) is 39.9. The predicted molar refractivity (Wildman–Crippen MR) is 181 cm³/mol. The molecule has 0 unspecified atom stereocenters. The fraction of sp³-hybridized carbons (Fsp3) is 0.818. The van der Waals surface area contributed by atoms with Gasteiger partial charge in [-0.25, -0.2) is 0 Å². The summed E-state index contributed by atoms with van der Waals surface area (Å²) < 4.78 is 0. The Morgan fingerprint density at radius 1 is 0.591 bits per heavy atom. The van der Waals surface area contributed by atoms with Gasteiger partial charge >= 0.3 is 0 Å². The molecule has 0 aromatic heterocycles. The molecule has 0 saturated carbocycles. The molecule has 1 aliphatic rings. The maximum atomic E-state index is 12.3. The van der Waals surface area contributed by atoms with E-state index in [1.165, 1.54) is 9.80 Å². The van der Waals surface area contributed by atoms with E-state index in [2.05, 4.69) is 20.6 Å². The van der Waals surface area contributed by atoms with E-state index in [4.69, 9.17) is 97.2 Å². The maximum absolute atomic E-state index is 12.3. The highest BCUT2D eigenvalue weighted by atomic mass is 16.2. The predicted octanol–water partition coefficient (Wildman–Crippen LogP) is -7.66. The Labute approximate surface area is 271 Å². The summed E-state index contributed by atoms with van der Waals surface area (Å²) in [6, 6.07) is -1.53. The number of hydrogen-bond donors (Lipinski definition) is 8. The Kier molecular flexibility index (Phi) is 15.4. The zero-order chi connectivity index (χ0) is 33.9. The number of guanidine groups is 2. The minimum atomic E-state index is -2.05. The van der Waals surface area contributed by atoms with Crippen molar-refractivity contribution >= 4 is 86.5 Å². The van der Waals surface area contributed by atoms with E-state index in [-0.39, 0.29) is 62.8 Å². The highest BCUT2D eigenvalue weighted by molar-refractivity contribution is 6.60. The second-order valence-electron chi connectivity index (χ2n) is 11.0. The molecule has 224 valence electrons. The second-order valence-corrected chi connectivity index (χ2v) is 11.0. The van der Waals surface area contributed by atoms with Gasteiger partial charge in [-0.1, -0.05) is 21.4 Å². The number of nitrogens with two attached hydrogens (primary N) is 6. The summed E-state index contributed by atoms with van der Waals surface area (Å²) in [7, 11) is 51.4. The molecule has 14 N–H and O–H groups in total. The number of nitrogens with one attached hydrogen (secondary N) is 2. The fourth-order valence-electron chi connectivity index (χ4n) is 4.68. The van der Waals surface area contributed by atoms with Gasteiger partial charge in [-0.15, -0.1) is 0 Å². The van der Waals surface area contributed by atoms with Gasteiger partial charge in [0.15, 0.2) is 11.9 Å². The smallest absolute Gasteiger partial charge is 0.236 e. The van der Waals surface area contributed by atoms with Gasteiger partial charge in [0, 0.05) is 26.2 Å². The molecular weight excluding hydrogens is 551 g/mol. The van der Waals surface area contributed by atoms with E-state index < -0.39 is 33.4 Å². The number of rotatable bonds is 18. The highest BCUT2D eigenvalue weighted by Gasteiger charge is 2.59. The Morgan fingerprint density at radius 2 is 0.886 bits per heavy atom. The van der Waals surface area contributed by atoms with Crippen molar-refractivity contribution in [3.63, 3.8) is 0 Å². The van der Waals surface area contributed by atoms with Crippen molar-refractivity contribution < 1.29 is 9.59 Å². The van der Waals surface area contributed by atoms with E-state index in [0.717, 1.165) is 0 Å². The monoisotopic (exact) mass is 592 g/mol. The Morgan fingerprint density at radius 3 is 1.16 bits per heavy atom. The van der Waals surface area contributed by atoms with Crippen molar-refractivity contribution in [3.05, 3.63) is 0 Å². The molecule has 0 aromatic carbocycles. The summed E-state index contributed by atoms with van der Waals surface area (Å²) in [4.78, 5) is 34.8. The second kappa shape index (κ2) is 17.0. The van der Waals surface area contributed by atoms with Gasteiger partial charge in [0.2, 0.25) is 11.8 Å². The standard InChI is InChI=1S/C22H40B8N12O2/c23-19(24)21(27,28)42(12-4-10-38-16(44)14(32)6-2-8-40-18(35)36)22(29,30)20(25,26)41(19)11-3-9-37-15(43)13(31)5-1-7-39-17(33)34/h13-14H,1-12,31-32H2,(H,37,43)(H,38,44)(H4,33,34,39)(H4,35,36,40)/t13-,14-/m0/s1. The van der Waals surface area contributed by atoms with Crippen molar-refractivity contribution in [2.45, 2.75) is 72.0 Å². The third-order valence-corrected chi connectivity index (χ3v) is 7.39. The van der Waals surface area contributed by atoms with Gasteiger partial charge < -0.3 is 54.8 Å². The van der Waals surface area contributed by atoms with Crippen LogP contribution in [-0.2, 0) is 9.59 Å². The average molecular weight is 591 g/mol. The molecule has 0 aliphatic carbocycles. The minimum Gasteiger partial charge on any atom is -0.370 e. The van der Waals surface area contributed by atoms with Gasteiger partial charge in [0.1, 0.15) is 0 Å². The van der Waals surface area contributed by atoms with Crippen LogP contribution in [0.4, 0.5) is 0 Å². The highest BCUT2D eigenvalue weighted by Crippen LogP contribution is 2.42. The molecule has 0 bridgehead atoms. The molecule has 1 heterocycles. The Balaban J connectivity index is 2.74. The summed E-state index contributed by atoms with van der Waals surface area (Å²) in [6.07, 6.45) is 2.29. The van der Waals surface area contributed by atoms with Crippen LogP contribution in [0, 0.1) is 0 Å². The third kappa shape index (κ3) is 10.4. The summed E-state index contributed by atoms with van der Waals surface area (Å²) in [5, 5.41) is -2.77. The molecule has 0 spiro atoms. The summed E-state index contributed by atoms with van der Waals surface area (Å²) in [5.41, 5.74) is 32.9. The molecule has 2 atom stereocenters. The molecule has 44 heavy (non-hydrogen) atoms. The average Bonchev–Trinajstić information content (AvgIpc) is 2.90. The first-order valence-corrected chi connectivity index (χ1v) is 14.2. The van der Waals surface area contributed by atoms with Crippen LogP contribution in [0.15, 0.2) is 9.98 Å². The number of carbonyl (C=O) groups is 2. The van der Waals surface area contributed by atoms with Crippen molar-refractivity contribution in [2.24, 2.45) is 44.4 Å². The maximum Gasteiger partial charge on any atom is 0.236 e. The Hall–Kier alpha value is -2.16. The summed E-state index contributed by atoms with van der Waals surface area (Å²) in [5.74, 6) is -0.828. The molecule has 0 aromatic rings. The zero-order valence-corrected chi connectivity index (χ0v) is 25.3.